The molecule has 0 atom stereocenters. The number of benzene rings is 4. The van der Waals surface area contributed by atoms with E-state index >= 15 is 0 Å². The molecule has 6 aromatic rings. The Labute approximate surface area is 209 Å². The summed E-state index contributed by atoms with van der Waals surface area (Å²) in [6, 6.07) is 39.9. The summed E-state index contributed by atoms with van der Waals surface area (Å²) in [4.78, 5) is 11.9. The fourth-order valence-corrected chi connectivity index (χ4v) is 4.94. The largest absolute Gasteiger partial charge is 0.309 e. The first kappa shape index (κ1) is 20.4. The maximum atomic E-state index is 4.97. The number of aromatic nitrogens is 3. The molecule has 0 aliphatic carbocycles. The Bertz CT molecular complexity index is 1680. The second-order valence-electron chi connectivity index (χ2n) is 8.79. The Morgan fingerprint density at radius 2 is 1.17 bits per heavy atom. The molecule has 0 spiro atoms. The molecule has 4 aromatic carbocycles. The molecular weight excluding hydrogens is 440 g/mol. The Morgan fingerprint density at radius 1 is 0.528 bits per heavy atom. The summed E-state index contributed by atoms with van der Waals surface area (Å²) in [5, 5.41) is 0. The summed E-state index contributed by atoms with van der Waals surface area (Å²) in [5.74, 6) is 0.875. The van der Waals surface area contributed by atoms with E-state index in [1.54, 1.807) is 0 Å². The summed E-state index contributed by atoms with van der Waals surface area (Å²) in [6.07, 6.45) is 6.20. The first-order valence-electron chi connectivity index (χ1n) is 12.0. The van der Waals surface area contributed by atoms with E-state index in [4.69, 9.17) is 4.98 Å². The smallest absolute Gasteiger partial charge is 0.164 e. The van der Waals surface area contributed by atoms with Gasteiger partial charge < -0.3 is 4.90 Å². The number of fused-ring (bicyclic) bond motifs is 3. The maximum Gasteiger partial charge on any atom is 0.164 e. The fraction of sp³-hybridized carbons (Fsp3) is 0. The van der Waals surface area contributed by atoms with Crippen molar-refractivity contribution in [3.05, 3.63) is 133 Å². The van der Waals surface area contributed by atoms with Crippen LogP contribution < -0.4 is 4.90 Å². The molecule has 0 fully saturated rings. The maximum absolute atomic E-state index is 4.97. The van der Waals surface area contributed by atoms with E-state index in [9.17, 15) is 0 Å². The lowest BCUT2D eigenvalue weighted by Gasteiger charge is -2.27. The molecule has 36 heavy (non-hydrogen) atoms. The summed E-state index contributed by atoms with van der Waals surface area (Å²) in [7, 11) is 0. The zero-order chi connectivity index (χ0) is 23.9. The predicted molar refractivity (Wildman–Crippen MR) is 148 cm³/mol. The van der Waals surface area contributed by atoms with Crippen molar-refractivity contribution in [3.63, 3.8) is 0 Å². The first-order valence-corrected chi connectivity index (χ1v) is 12.0. The topological polar surface area (TPSA) is 34.0 Å². The van der Waals surface area contributed by atoms with Gasteiger partial charge in [0.2, 0.25) is 0 Å². The van der Waals surface area contributed by atoms with Gasteiger partial charge in [0.1, 0.15) is 11.3 Å². The van der Waals surface area contributed by atoms with Crippen molar-refractivity contribution < 1.29 is 0 Å². The number of hydrogen-bond donors (Lipinski definition) is 0. The van der Waals surface area contributed by atoms with Gasteiger partial charge in [-0.3, -0.25) is 4.57 Å². The SMILES string of the molecule is C1=Cc2ccccc2N(c2ccc(-c3nc4cccnc4n3-c3ccccc3)cc2)c2ccccc21. The van der Waals surface area contributed by atoms with Gasteiger partial charge in [-0.1, -0.05) is 66.7 Å². The van der Waals surface area contributed by atoms with Gasteiger partial charge in [0.05, 0.1) is 11.4 Å². The second-order valence-corrected chi connectivity index (χ2v) is 8.79. The molecule has 1 aliphatic rings. The molecule has 0 radical (unpaired) electrons. The molecule has 0 amide bonds. The average molecular weight is 463 g/mol. The van der Waals surface area contributed by atoms with E-state index in [2.05, 4.69) is 112 Å². The molecule has 0 bridgehead atoms. The summed E-state index contributed by atoms with van der Waals surface area (Å²) < 4.78 is 2.13. The van der Waals surface area contributed by atoms with Gasteiger partial charge in [0.15, 0.2) is 5.65 Å². The average Bonchev–Trinajstić information content (AvgIpc) is 3.25. The lowest BCUT2D eigenvalue weighted by atomic mass is 10.1. The van der Waals surface area contributed by atoms with Crippen LogP contribution in [0.5, 0.6) is 0 Å². The number of pyridine rings is 1. The lowest BCUT2D eigenvalue weighted by Crippen LogP contribution is -2.11. The van der Waals surface area contributed by atoms with Crippen molar-refractivity contribution in [1.82, 2.24) is 14.5 Å². The fourth-order valence-electron chi connectivity index (χ4n) is 4.94. The van der Waals surface area contributed by atoms with Gasteiger partial charge in [-0.05, 0) is 71.8 Å². The van der Waals surface area contributed by atoms with Crippen LogP contribution in [0, 0.1) is 0 Å². The molecule has 0 saturated heterocycles. The molecule has 4 nitrogen and oxygen atoms in total. The number of para-hydroxylation sites is 3. The highest BCUT2D eigenvalue weighted by Crippen LogP contribution is 2.42. The molecule has 0 unspecified atom stereocenters. The van der Waals surface area contributed by atoms with E-state index in [1.807, 2.05) is 36.5 Å². The standard InChI is InChI=1S/C32H22N4/c1-2-11-26(12-3-1)36-31(34-28-13-8-22-33-32(28)36)25-18-20-27(21-19-25)35-29-14-6-4-9-23(29)16-17-24-10-5-7-15-30(24)35/h1-22H. The quantitative estimate of drug-likeness (QED) is 0.266. The summed E-state index contributed by atoms with van der Waals surface area (Å²) in [5.41, 5.74) is 9.60. The second kappa shape index (κ2) is 8.36. The minimum atomic E-state index is 0.851. The third-order valence-corrected chi connectivity index (χ3v) is 6.61. The highest BCUT2D eigenvalue weighted by atomic mass is 15.2. The van der Waals surface area contributed by atoms with E-state index in [-0.39, 0.29) is 0 Å². The van der Waals surface area contributed by atoms with Crippen LogP contribution in [0.2, 0.25) is 0 Å². The van der Waals surface area contributed by atoms with E-state index in [0.717, 1.165) is 45.3 Å². The highest BCUT2D eigenvalue weighted by molar-refractivity contribution is 5.93. The molecule has 3 heterocycles. The lowest BCUT2D eigenvalue weighted by molar-refractivity contribution is 1.08. The number of imidazole rings is 1. The number of nitrogens with zero attached hydrogens (tertiary/aromatic N) is 4. The molecule has 0 saturated carbocycles. The van der Waals surface area contributed by atoms with Crippen molar-refractivity contribution >= 4 is 40.4 Å². The minimum Gasteiger partial charge on any atom is -0.309 e. The number of hydrogen-bond acceptors (Lipinski definition) is 3. The van der Waals surface area contributed by atoms with Crippen LogP contribution in [0.15, 0.2) is 121 Å². The normalized spacial score (nSPS) is 12.3. The van der Waals surface area contributed by atoms with Gasteiger partial charge in [0, 0.05) is 23.1 Å². The minimum absolute atomic E-state index is 0.851. The van der Waals surface area contributed by atoms with Crippen LogP contribution in [0.4, 0.5) is 17.1 Å². The van der Waals surface area contributed by atoms with Gasteiger partial charge in [-0.25, -0.2) is 9.97 Å². The van der Waals surface area contributed by atoms with Gasteiger partial charge in [-0.15, -0.1) is 0 Å². The summed E-state index contributed by atoms with van der Waals surface area (Å²) >= 11 is 0. The predicted octanol–water partition coefficient (Wildman–Crippen LogP) is 8.04. The van der Waals surface area contributed by atoms with Gasteiger partial charge >= 0.3 is 0 Å². The molecule has 2 aromatic heterocycles. The van der Waals surface area contributed by atoms with Crippen LogP contribution in [-0.4, -0.2) is 14.5 Å². The molecule has 1 aliphatic heterocycles. The van der Waals surface area contributed by atoms with E-state index in [0.29, 0.717) is 0 Å². The van der Waals surface area contributed by atoms with Crippen molar-refractivity contribution in [2.45, 2.75) is 0 Å². The zero-order valence-corrected chi connectivity index (χ0v) is 19.5. The molecule has 170 valence electrons. The zero-order valence-electron chi connectivity index (χ0n) is 19.5. The van der Waals surface area contributed by atoms with Crippen LogP contribution in [-0.2, 0) is 0 Å². The van der Waals surface area contributed by atoms with Crippen molar-refractivity contribution in [2.75, 3.05) is 4.90 Å². The van der Waals surface area contributed by atoms with E-state index < -0.39 is 0 Å². The van der Waals surface area contributed by atoms with Crippen molar-refractivity contribution in [3.8, 4) is 17.1 Å². The van der Waals surface area contributed by atoms with Crippen LogP contribution >= 0.6 is 0 Å². The van der Waals surface area contributed by atoms with Crippen LogP contribution in [0.1, 0.15) is 11.1 Å². The Balaban J connectivity index is 1.38. The highest BCUT2D eigenvalue weighted by Gasteiger charge is 2.20. The Morgan fingerprint density at radius 3 is 1.86 bits per heavy atom. The van der Waals surface area contributed by atoms with Gasteiger partial charge in [0.25, 0.3) is 0 Å². The molecule has 7 rings (SSSR count). The number of anilines is 3. The summed E-state index contributed by atoms with van der Waals surface area (Å²) in [6.45, 7) is 0. The van der Waals surface area contributed by atoms with E-state index in [1.165, 1.54) is 11.1 Å². The van der Waals surface area contributed by atoms with Crippen LogP contribution in [0.3, 0.4) is 0 Å². The van der Waals surface area contributed by atoms with Crippen LogP contribution in [0.25, 0.3) is 40.4 Å². The third-order valence-electron chi connectivity index (χ3n) is 6.61. The Hall–Kier alpha value is -4.96. The molecule has 4 heteroatoms. The van der Waals surface area contributed by atoms with Crippen molar-refractivity contribution in [2.24, 2.45) is 0 Å². The Kier molecular flexibility index (Phi) is 4.74. The molecule has 0 N–H and O–H groups in total. The first-order chi connectivity index (χ1) is 17.9. The monoisotopic (exact) mass is 462 g/mol. The van der Waals surface area contributed by atoms with Crippen molar-refractivity contribution in [1.29, 1.82) is 0 Å². The number of rotatable bonds is 3. The molecular formula is C32H22N4. The third kappa shape index (κ3) is 3.31. The van der Waals surface area contributed by atoms with Gasteiger partial charge in [-0.2, -0.15) is 0 Å².